The van der Waals surface area contributed by atoms with Crippen molar-refractivity contribution in [3.8, 4) is 0 Å². The van der Waals surface area contributed by atoms with E-state index in [1.165, 1.54) is 4.17 Å². The molecule has 1 rings (SSSR count). The predicted molar refractivity (Wildman–Crippen MR) is 69.0 cm³/mol. The third-order valence-corrected chi connectivity index (χ3v) is 12.6. The summed E-state index contributed by atoms with van der Waals surface area (Å²) in [5.41, 5.74) is 11.6. The zero-order valence-corrected chi connectivity index (χ0v) is 13.8. The quantitative estimate of drug-likeness (QED) is 0.473. The predicted octanol–water partition coefficient (Wildman–Crippen LogP) is 5.99. The van der Waals surface area contributed by atoms with E-state index in [0.717, 1.165) is 6.42 Å². The van der Waals surface area contributed by atoms with Gasteiger partial charge in [-0.05, 0) is 0 Å². The Morgan fingerprint density at radius 3 is 1.69 bits per heavy atom. The fourth-order valence-corrected chi connectivity index (χ4v) is 7.29. The van der Waals surface area contributed by atoms with Crippen LogP contribution in [0, 0.1) is 0 Å². The molecule has 13 heavy (non-hydrogen) atoms. The van der Waals surface area contributed by atoms with Crippen LogP contribution >= 0.6 is 27.2 Å². The molecular formula is C10H20Br2Rh. The fourth-order valence-electron chi connectivity index (χ4n) is 1.12. The first-order chi connectivity index (χ1) is 5.00. The van der Waals surface area contributed by atoms with E-state index in [9.17, 15) is 0 Å². The zero-order chi connectivity index (χ0) is 10.8. The average Bonchev–Trinajstić information content (AvgIpc) is 1.97. The van der Waals surface area contributed by atoms with Gasteiger partial charge in [-0.25, -0.2) is 0 Å². The number of rotatable bonds is 1. The molecule has 0 amide bonds. The van der Waals surface area contributed by atoms with Crippen molar-refractivity contribution in [2.45, 2.75) is 34.0 Å². The van der Waals surface area contributed by atoms with Gasteiger partial charge in [-0.3, -0.25) is 0 Å². The van der Waals surface area contributed by atoms with Crippen molar-refractivity contribution in [3.63, 3.8) is 0 Å². The molecule has 0 saturated carbocycles. The third-order valence-electron chi connectivity index (χ3n) is 1.94. The van der Waals surface area contributed by atoms with E-state index in [1.807, 2.05) is 0 Å². The van der Waals surface area contributed by atoms with Crippen LogP contribution in [0.25, 0.3) is 0 Å². The van der Waals surface area contributed by atoms with Gasteiger partial charge in [-0.15, -0.1) is 0 Å². The van der Waals surface area contributed by atoms with E-state index in [4.69, 9.17) is 0 Å². The second-order valence-corrected chi connectivity index (χ2v) is 77.1. The molecule has 0 aliphatic heterocycles. The summed E-state index contributed by atoms with van der Waals surface area (Å²) < 4.78 is 1.47. The second kappa shape index (κ2) is 1.46. The van der Waals surface area contributed by atoms with Gasteiger partial charge in [0.1, 0.15) is 0 Å². The number of allylic oxidation sites excluding steroid dienone is 4. The minimum absolute atomic E-state index is 1.04. The molecule has 0 nitrogen and oxygen atoms in total. The first-order valence-electron chi connectivity index (χ1n) is 3.80. The maximum absolute atomic E-state index is 4.08. The van der Waals surface area contributed by atoms with E-state index in [2.05, 4.69) is 73.1 Å². The van der Waals surface area contributed by atoms with Gasteiger partial charge in [0.2, 0.25) is 0 Å². The van der Waals surface area contributed by atoms with Crippen LogP contribution in [-0.2, 0) is 6.15 Å². The Morgan fingerprint density at radius 1 is 1.08 bits per heavy atom. The summed E-state index contributed by atoms with van der Waals surface area (Å²) in [6, 6.07) is 0. The van der Waals surface area contributed by atoms with Gasteiger partial charge in [0.25, 0.3) is 0 Å². The van der Waals surface area contributed by atoms with Crippen LogP contribution in [0.2, 0.25) is 27.6 Å². The van der Waals surface area contributed by atoms with E-state index in [1.54, 1.807) is 0 Å². The third kappa shape index (κ3) is 3.28. The van der Waals surface area contributed by atoms with Crippen LogP contribution in [-0.4, -0.2) is 0 Å². The maximum atomic E-state index is 4.08. The summed E-state index contributed by atoms with van der Waals surface area (Å²) in [6.07, 6.45) is 3.71. The number of hydrogen-bond acceptors (Lipinski definition) is 0. The Morgan fingerprint density at radius 2 is 1.54 bits per heavy atom. The molecule has 0 aromatic heterocycles. The van der Waals surface area contributed by atoms with Crippen LogP contribution in [0.4, 0.5) is 0 Å². The van der Waals surface area contributed by atoms with E-state index in [0.29, 0.717) is 0 Å². The Hall–Kier alpha value is 1.06. The Balaban J connectivity index is 3.65. The van der Waals surface area contributed by atoms with Crippen molar-refractivity contribution in [1.29, 1.82) is 0 Å². The molecule has 1 aliphatic carbocycles. The molecule has 0 radical (unpaired) electrons. The van der Waals surface area contributed by atoms with Crippen molar-refractivity contribution < 1.29 is 6.15 Å². The SMILES string of the molecule is [CH3][Rh]([CH3])([CH3])([CH3])([CH3])([Br])([Br])[C]1=CC=CC1. The fraction of sp³-hybridized carbons (Fsp3) is 0.600. The molecule has 0 unspecified atom stereocenters. The van der Waals surface area contributed by atoms with Gasteiger partial charge in [-0.2, -0.15) is 0 Å². The van der Waals surface area contributed by atoms with Crippen molar-refractivity contribution in [2.75, 3.05) is 0 Å². The van der Waals surface area contributed by atoms with E-state index >= 15 is 0 Å². The van der Waals surface area contributed by atoms with Gasteiger partial charge in [-0.1, -0.05) is 0 Å². The topological polar surface area (TPSA) is 0 Å². The summed E-state index contributed by atoms with van der Waals surface area (Å²) >= 11 is 8.17. The number of hydrogen-bond donors (Lipinski definition) is 0. The first kappa shape index (κ1) is 12.1. The molecule has 0 atom stereocenters. The molecule has 0 N–H and O–H groups in total. The van der Waals surface area contributed by atoms with E-state index < -0.39 is 6.15 Å². The van der Waals surface area contributed by atoms with Gasteiger partial charge < -0.3 is 0 Å². The monoisotopic (exact) mass is 401 g/mol. The first-order valence-corrected chi connectivity index (χ1v) is 20.3. The van der Waals surface area contributed by atoms with Gasteiger partial charge in [0.05, 0.1) is 0 Å². The van der Waals surface area contributed by atoms with Crippen LogP contribution in [0.3, 0.4) is 0 Å². The summed E-state index contributed by atoms with van der Waals surface area (Å²) in [5, 5.41) is 0. The Bertz CT molecular complexity index is 344. The van der Waals surface area contributed by atoms with Crippen molar-refractivity contribution >= 4 is 27.2 Å². The zero-order valence-electron chi connectivity index (χ0n) is 9.03. The van der Waals surface area contributed by atoms with Crippen LogP contribution in [0.15, 0.2) is 22.4 Å². The van der Waals surface area contributed by atoms with Crippen molar-refractivity contribution in [1.82, 2.24) is 0 Å². The molecule has 0 aromatic carbocycles. The standard InChI is InChI=1S/C5H5.5CH3.2BrH.Rh/c1-2-4-5-3-1;;;;;;;;/h1-3H,4H2;5*1H3;2*1H;/q;;;;;;;;+2/p-2. The van der Waals surface area contributed by atoms with Crippen LogP contribution in [0.1, 0.15) is 6.42 Å². The second-order valence-electron chi connectivity index (χ2n) is 6.82. The molecule has 0 heterocycles. The minimum atomic E-state index is -3.91. The summed E-state index contributed by atoms with van der Waals surface area (Å²) in [6.45, 7) is 0. The molecule has 1 aliphatic rings. The Kier molecular flexibility index (Phi) is 1.36. The molecule has 3 heteroatoms. The Labute approximate surface area is 89.1 Å². The van der Waals surface area contributed by atoms with Crippen LogP contribution in [0.5, 0.6) is 0 Å². The molecule has 0 saturated heterocycles. The molecule has 0 bridgehead atoms. The molecule has 0 fully saturated rings. The molecule has 0 spiro atoms. The summed E-state index contributed by atoms with van der Waals surface area (Å²) in [4.78, 5) is 0. The van der Waals surface area contributed by atoms with Crippen LogP contribution < -0.4 is 0 Å². The van der Waals surface area contributed by atoms with Crippen molar-refractivity contribution in [2.24, 2.45) is 0 Å². The normalized spacial score (nSPS) is 29.6. The van der Waals surface area contributed by atoms with Crippen molar-refractivity contribution in [3.05, 3.63) is 22.4 Å². The van der Waals surface area contributed by atoms with Gasteiger partial charge >= 0.3 is 89.8 Å². The summed E-state index contributed by atoms with van der Waals surface area (Å²) in [7, 11) is 0. The molecular weight excluding hydrogens is 383 g/mol. The molecule has 0 aromatic rings. The van der Waals surface area contributed by atoms with Gasteiger partial charge in [0.15, 0.2) is 0 Å². The number of halogens is 2. The molecule has 83 valence electrons. The van der Waals surface area contributed by atoms with E-state index in [-0.39, 0.29) is 0 Å². The van der Waals surface area contributed by atoms with Gasteiger partial charge in [0, 0.05) is 0 Å². The average molecular weight is 403 g/mol. The summed E-state index contributed by atoms with van der Waals surface area (Å²) in [5.74, 6) is 0.